The predicted molar refractivity (Wildman–Crippen MR) is 70.0 cm³/mol. The van der Waals surface area contributed by atoms with Crippen LogP contribution < -0.4 is 4.72 Å². The lowest BCUT2D eigenvalue weighted by molar-refractivity contribution is 0.0422. The fourth-order valence-corrected chi connectivity index (χ4v) is 3.06. The summed E-state index contributed by atoms with van der Waals surface area (Å²) < 4.78 is 26.4. The molecule has 1 fully saturated rings. The monoisotopic (exact) mass is 289 g/mol. The Labute approximate surface area is 112 Å². The van der Waals surface area contributed by atoms with Gasteiger partial charge in [-0.2, -0.15) is 0 Å². The molecule has 2 rings (SSSR count). The lowest BCUT2D eigenvalue weighted by atomic mass is 10.0. The second-order valence-electron chi connectivity index (χ2n) is 4.91. The van der Waals surface area contributed by atoms with Crippen molar-refractivity contribution in [2.45, 2.75) is 30.3 Å². The maximum absolute atomic E-state index is 12.0. The molecule has 1 aromatic rings. The van der Waals surface area contributed by atoms with Crippen LogP contribution in [-0.4, -0.2) is 25.7 Å². The maximum atomic E-state index is 12.0. The quantitative estimate of drug-likeness (QED) is 0.868. The summed E-state index contributed by atoms with van der Waals surface area (Å²) in [5, 5.41) is 10.5. The van der Waals surface area contributed by atoms with E-state index in [1.165, 1.54) is 24.3 Å². The van der Waals surface area contributed by atoms with Gasteiger partial charge in [0.2, 0.25) is 10.0 Å². The van der Waals surface area contributed by atoms with Crippen molar-refractivity contribution in [1.29, 1.82) is 0 Å². The summed E-state index contributed by atoms with van der Waals surface area (Å²) in [7, 11) is -3.58. The molecule has 2 N–H and O–H groups in total. The molecule has 1 aromatic carbocycles. The summed E-state index contributed by atoms with van der Waals surface area (Å²) in [6.07, 6.45) is 1.91. The molecule has 0 aliphatic heterocycles. The molecule has 0 amide bonds. The van der Waals surface area contributed by atoms with E-state index in [2.05, 4.69) is 4.72 Å². The van der Waals surface area contributed by atoms with E-state index in [1.807, 2.05) is 0 Å². The molecular weight excluding hydrogens is 274 g/mol. The number of rotatable bonds is 5. The van der Waals surface area contributed by atoms with Gasteiger partial charge < -0.3 is 5.11 Å². The zero-order valence-electron chi connectivity index (χ0n) is 10.1. The van der Waals surface area contributed by atoms with E-state index < -0.39 is 15.6 Å². The molecule has 1 atom stereocenters. The molecule has 100 valence electrons. The Morgan fingerprint density at radius 2 is 1.94 bits per heavy atom. The van der Waals surface area contributed by atoms with Gasteiger partial charge in [-0.1, -0.05) is 11.6 Å². The lowest BCUT2D eigenvalue weighted by Gasteiger charge is -2.23. The van der Waals surface area contributed by atoms with Crippen molar-refractivity contribution >= 4 is 21.6 Å². The van der Waals surface area contributed by atoms with Gasteiger partial charge in [-0.25, -0.2) is 13.1 Å². The van der Waals surface area contributed by atoms with E-state index in [4.69, 9.17) is 11.6 Å². The van der Waals surface area contributed by atoms with E-state index in [-0.39, 0.29) is 17.4 Å². The SMILES string of the molecule is CC(O)(CNS(=O)(=O)c1ccc(Cl)cc1)C1CC1. The summed E-state index contributed by atoms with van der Waals surface area (Å²) in [5.41, 5.74) is -0.973. The van der Waals surface area contributed by atoms with E-state index in [0.717, 1.165) is 12.8 Å². The van der Waals surface area contributed by atoms with E-state index in [9.17, 15) is 13.5 Å². The highest BCUT2D eigenvalue weighted by atomic mass is 35.5. The van der Waals surface area contributed by atoms with Gasteiger partial charge in [-0.15, -0.1) is 0 Å². The van der Waals surface area contributed by atoms with Crippen LogP contribution in [0.3, 0.4) is 0 Å². The van der Waals surface area contributed by atoms with Crippen LogP contribution in [0, 0.1) is 5.92 Å². The molecular formula is C12H16ClNO3S. The number of aliphatic hydroxyl groups is 1. The Morgan fingerprint density at radius 1 is 1.39 bits per heavy atom. The van der Waals surface area contributed by atoms with E-state index in [0.29, 0.717) is 5.02 Å². The Kier molecular flexibility index (Phi) is 3.69. The van der Waals surface area contributed by atoms with Gasteiger partial charge in [0.25, 0.3) is 0 Å². The molecule has 1 saturated carbocycles. The van der Waals surface area contributed by atoms with Crippen molar-refractivity contribution < 1.29 is 13.5 Å². The molecule has 1 aliphatic carbocycles. The van der Waals surface area contributed by atoms with Crippen LogP contribution in [0.4, 0.5) is 0 Å². The third kappa shape index (κ3) is 3.23. The van der Waals surface area contributed by atoms with Gasteiger partial charge in [0.1, 0.15) is 0 Å². The number of nitrogens with one attached hydrogen (secondary N) is 1. The van der Waals surface area contributed by atoms with Gasteiger partial charge in [-0.3, -0.25) is 0 Å². The second kappa shape index (κ2) is 4.81. The average molecular weight is 290 g/mol. The Hall–Kier alpha value is -0.620. The zero-order chi connectivity index (χ0) is 13.4. The van der Waals surface area contributed by atoms with Crippen molar-refractivity contribution in [2.75, 3.05) is 6.54 Å². The fraction of sp³-hybridized carbons (Fsp3) is 0.500. The van der Waals surface area contributed by atoms with Gasteiger partial charge >= 0.3 is 0 Å². The molecule has 1 aliphatic rings. The highest BCUT2D eigenvalue weighted by Crippen LogP contribution is 2.39. The van der Waals surface area contributed by atoms with Gasteiger partial charge in [0.05, 0.1) is 10.5 Å². The number of benzene rings is 1. The highest BCUT2D eigenvalue weighted by Gasteiger charge is 2.40. The minimum Gasteiger partial charge on any atom is -0.389 e. The lowest BCUT2D eigenvalue weighted by Crippen LogP contribution is -2.42. The maximum Gasteiger partial charge on any atom is 0.240 e. The van der Waals surface area contributed by atoms with Crippen LogP contribution >= 0.6 is 11.6 Å². The summed E-state index contributed by atoms with van der Waals surface area (Å²) in [4.78, 5) is 0.151. The number of hydrogen-bond acceptors (Lipinski definition) is 3. The van der Waals surface area contributed by atoms with Crippen molar-refractivity contribution in [3.8, 4) is 0 Å². The first-order chi connectivity index (χ1) is 8.31. The zero-order valence-corrected chi connectivity index (χ0v) is 11.6. The molecule has 0 bridgehead atoms. The summed E-state index contributed by atoms with van der Waals surface area (Å²) >= 11 is 5.71. The molecule has 0 radical (unpaired) electrons. The summed E-state index contributed by atoms with van der Waals surface area (Å²) in [6.45, 7) is 1.69. The third-order valence-electron chi connectivity index (χ3n) is 3.20. The molecule has 1 unspecified atom stereocenters. The standard InChI is InChI=1S/C12H16ClNO3S/c1-12(15,9-2-3-9)8-14-18(16,17)11-6-4-10(13)5-7-11/h4-7,9,14-15H,2-3,8H2,1H3. The van der Waals surface area contributed by atoms with Crippen LogP contribution in [0.15, 0.2) is 29.2 Å². The Morgan fingerprint density at radius 3 is 2.44 bits per heavy atom. The van der Waals surface area contributed by atoms with E-state index >= 15 is 0 Å². The van der Waals surface area contributed by atoms with Crippen LogP contribution in [-0.2, 0) is 10.0 Å². The highest BCUT2D eigenvalue weighted by molar-refractivity contribution is 7.89. The largest absolute Gasteiger partial charge is 0.389 e. The molecule has 4 nitrogen and oxygen atoms in total. The molecule has 0 aromatic heterocycles. The van der Waals surface area contributed by atoms with Crippen LogP contribution in [0.2, 0.25) is 5.02 Å². The number of sulfonamides is 1. The predicted octanol–water partition coefficient (Wildman–Crippen LogP) is 1.78. The molecule has 6 heteroatoms. The van der Waals surface area contributed by atoms with Crippen LogP contribution in [0.1, 0.15) is 19.8 Å². The van der Waals surface area contributed by atoms with Crippen molar-refractivity contribution in [3.63, 3.8) is 0 Å². The molecule has 18 heavy (non-hydrogen) atoms. The van der Waals surface area contributed by atoms with Crippen molar-refractivity contribution in [2.24, 2.45) is 5.92 Å². The third-order valence-corrected chi connectivity index (χ3v) is 4.87. The topological polar surface area (TPSA) is 66.4 Å². The smallest absolute Gasteiger partial charge is 0.240 e. The number of hydrogen-bond donors (Lipinski definition) is 2. The van der Waals surface area contributed by atoms with Crippen molar-refractivity contribution in [3.05, 3.63) is 29.3 Å². The van der Waals surface area contributed by atoms with Crippen LogP contribution in [0.5, 0.6) is 0 Å². The Balaban J connectivity index is 2.05. The second-order valence-corrected chi connectivity index (χ2v) is 7.11. The first-order valence-electron chi connectivity index (χ1n) is 5.79. The first kappa shape index (κ1) is 13.8. The normalized spacial score (nSPS) is 19.5. The van der Waals surface area contributed by atoms with Gasteiger partial charge in [-0.05, 0) is 49.9 Å². The van der Waals surface area contributed by atoms with Crippen molar-refractivity contribution in [1.82, 2.24) is 4.72 Å². The summed E-state index contributed by atoms with van der Waals surface area (Å²) in [5.74, 6) is 0.199. The van der Waals surface area contributed by atoms with Gasteiger partial charge in [0, 0.05) is 11.6 Å². The summed E-state index contributed by atoms with van der Waals surface area (Å²) in [6, 6.07) is 5.93. The molecule has 0 spiro atoms. The average Bonchev–Trinajstić information content (AvgIpc) is 3.11. The van der Waals surface area contributed by atoms with E-state index in [1.54, 1.807) is 6.92 Å². The minimum atomic E-state index is -3.58. The molecule has 0 saturated heterocycles. The Bertz CT molecular complexity index is 521. The fourth-order valence-electron chi connectivity index (χ4n) is 1.79. The number of halogens is 1. The molecule has 0 heterocycles. The minimum absolute atomic E-state index is 0.0304. The first-order valence-corrected chi connectivity index (χ1v) is 7.65. The van der Waals surface area contributed by atoms with Crippen LogP contribution in [0.25, 0.3) is 0 Å². The van der Waals surface area contributed by atoms with Gasteiger partial charge in [0.15, 0.2) is 0 Å².